The van der Waals surface area contributed by atoms with E-state index in [0.717, 1.165) is 11.3 Å². The fourth-order valence-corrected chi connectivity index (χ4v) is 2.22. The first kappa shape index (κ1) is 15.0. The maximum atomic E-state index is 11.5. The minimum Gasteiger partial charge on any atom is -0.465 e. The number of amides is 1. The highest BCUT2D eigenvalue weighted by Gasteiger charge is 2.29. The van der Waals surface area contributed by atoms with Crippen LogP contribution in [0.15, 0.2) is 36.7 Å². The lowest BCUT2D eigenvalue weighted by molar-refractivity contribution is 0.195. The van der Waals surface area contributed by atoms with E-state index in [9.17, 15) is 9.90 Å². The SMILES string of the molecule is Cc1nc(-c2cccnc2)ccc1N(C(=O)O)C(C)(C)C. The van der Waals surface area contributed by atoms with E-state index >= 15 is 0 Å². The molecular formula is C16H19N3O2. The van der Waals surface area contributed by atoms with Crippen LogP contribution in [-0.4, -0.2) is 26.7 Å². The van der Waals surface area contributed by atoms with Crippen LogP contribution in [0.2, 0.25) is 0 Å². The van der Waals surface area contributed by atoms with Crippen molar-refractivity contribution in [2.45, 2.75) is 33.2 Å². The van der Waals surface area contributed by atoms with Gasteiger partial charge in [0.25, 0.3) is 0 Å². The Morgan fingerprint density at radius 2 is 1.95 bits per heavy atom. The van der Waals surface area contributed by atoms with Crippen molar-refractivity contribution in [2.24, 2.45) is 0 Å². The number of aryl methyl sites for hydroxylation is 1. The zero-order valence-electron chi connectivity index (χ0n) is 12.7. The fourth-order valence-electron chi connectivity index (χ4n) is 2.22. The van der Waals surface area contributed by atoms with Crippen LogP contribution in [0.1, 0.15) is 26.5 Å². The Labute approximate surface area is 124 Å². The second-order valence-corrected chi connectivity index (χ2v) is 5.83. The number of hydrogen-bond donors (Lipinski definition) is 1. The van der Waals surface area contributed by atoms with Gasteiger partial charge in [-0.15, -0.1) is 0 Å². The van der Waals surface area contributed by atoms with E-state index in [1.54, 1.807) is 18.5 Å². The number of carboxylic acid groups (broad SMARTS) is 1. The molecule has 0 unspecified atom stereocenters. The molecule has 1 amide bonds. The third-order valence-electron chi connectivity index (χ3n) is 3.12. The lowest BCUT2D eigenvalue weighted by Gasteiger charge is -2.33. The van der Waals surface area contributed by atoms with Gasteiger partial charge in [-0.3, -0.25) is 14.9 Å². The molecule has 5 nitrogen and oxygen atoms in total. The third-order valence-corrected chi connectivity index (χ3v) is 3.12. The van der Waals surface area contributed by atoms with Crippen molar-refractivity contribution in [1.82, 2.24) is 9.97 Å². The van der Waals surface area contributed by atoms with Crippen LogP contribution in [0.3, 0.4) is 0 Å². The molecule has 110 valence electrons. The van der Waals surface area contributed by atoms with Gasteiger partial charge in [0.2, 0.25) is 0 Å². The molecule has 0 spiro atoms. The molecule has 2 aromatic rings. The standard InChI is InChI=1S/C16H19N3O2/c1-11-14(19(15(20)21)16(2,3)4)8-7-13(18-11)12-6-5-9-17-10-12/h5-10H,1-4H3,(H,20,21). The second-order valence-electron chi connectivity index (χ2n) is 5.83. The zero-order chi connectivity index (χ0) is 15.6. The topological polar surface area (TPSA) is 66.3 Å². The predicted octanol–water partition coefficient (Wildman–Crippen LogP) is 3.73. The van der Waals surface area contributed by atoms with Gasteiger partial charge in [-0.05, 0) is 52.0 Å². The largest absolute Gasteiger partial charge is 0.465 e. The molecule has 0 aliphatic carbocycles. The number of aromatic nitrogens is 2. The summed E-state index contributed by atoms with van der Waals surface area (Å²) in [7, 11) is 0. The van der Waals surface area contributed by atoms with Crippen LogP contribution in [0, 0.1) is 6.92 Å². The van der Waals surface area contributed by atoms with E-state index in [4.69, 9.17) is 0 Å². The number of rotatable bonds is 2. The lowest BCUT2D eigenvalue weighted by Crippen LogP contribution is -2.45. The van der Waals surface area contributed by atoms with Gasteiger partial charge in [-0.1, -0.05) is 0 Å². The predicted molar refractivity (Wildman–Crippen MR) is 82.5 cm³/mol. The van der Waals surface area contributed by atoms with Gasteiger partial charge in [0.15, 0.2) is 0 Å². The molecule has 0 aromatic carbocycles. The second kappa shape index (κ2) is 5.52. The third kappa shape index (κ3) is 3.18. The van der Waals surface area contributed by atoms with Gasteiger partial charge in [-0.2, -0.15) is 0 Å². The summed E-state index contributed by atoms with van der Waals surface area (Å²) in [6, 6.07) is 7.39. The van der Waals surface area contributed by atoms with Crippen molar-refractivity contribution in [3.8, 4) is 11.3 Å². The van der Waals surface area contributed by atoms with Crippen molar-refractivity contribution >= 4 is 11.8 Å². The summed E-state index contributed by atoms with van der Waals surface area (Å²) in [5.41, 5.74) is 2.43. The van der Waals surface area contributed by atoms with Crippen LogP contribution in [0.4, 0.5) is 10.5 Å². The highest BCUT2D eigenvalue weighted by Crippen LogP contribution is 2.28. The minimum atomic E-state index is -0.985. The Bertz CT molecular complexity index is 648. The molecule has 0 atom stereocenters. The molecule has 2 heterocycles. The first-order chi connectivity index (χ1) is 9.80. The Balaban J connectivity index is 2.46. The summed E-state index contributed by atoms with van der Waals surface area (Å²) in [5.74, 6) is 0. The van der Waals surface area contributed by atoms with E-state index in [1.807, 2.05) is 45.9 Å². The number of anilines is 1. The van der Waals surface area contributed by atoms with E-state index in [1.165, 1.54) is 4.90 Å². The van der Waals surface area contributed by atoms with Crippen LogP contribution >= 0.6 is 0 Å². The van der Waals surface area contributed by atoms with Crippen LogP contribution in [0.5, 0.6) is 0 Å². The van der Waals surface area contributed by atoms with Crippen molar-refractivity contribution in [3.63, 3.8) is 0 Å². The molecule has 0 aliphatic heterocycles. The molecule has 0 saturated carbocycles. The Morgan fingerprint density at radius 3 is 2.43 bits per heavy atom. The first-order valence-corrected chi connectivity index (χ1v) is 6.72. The van der Waals surface area contributed by atoms with E-state index < -0.39 is 11.6 Å². The average Bonchev–Trinajstić information content (AvgIpc) is 2.40. The van der Waals surface area contributed by atoms with Crippen LogP contribution in [-0.2, 0) is 0 Å². The fraction of sp³-hybridized carbons (Fsp3) is 0.312. The molecule has 2 rings (SSSR count). The molecule has 0 fully saturated rings. The van der Waals surface area contributed by atoms with Crippen molar-refractivity contribution in [3.05, 3.63) is 42.4 Å². The summed E-state index contributed by atoms with van der Waals surface area (Å²) in [5, 5.41) is 9.46. The summed E-state index contributed by atoms with van der Waals surface area (Å²) < 4.78 is 0. The summed E-state index contributed by atoms with van der Waals surface area (Å²) in [6.45, 7) is 7.39. The number of nitrogens with zero attached hydrogens (tertiary/aromatic N) is 3. The van der Waals surface area contributed by atoms with Crippen molar-refractivity contribution in [2.75, 3.05) is 4.90 Å². The van der Waals surface area contributed by atoms with Gasteiger partial charge < -0.3 is 5.11 Å². The van der Waals surface area contributed by atoms with E-state index in [2.05, 4.69) is 9.97 Å². The maximum Gasteiger partial charge on any atom is 0.412 e. The number of pyridine rings is 2. The lowest BCUT2D eigenvalue weighted by atomic mass is 10.0. The van der Waals surface area contributed by atoms with E-state index in [0.29, 0.717) is 11.4 Å². The quantitative estimate of drug-likeness (QED) is 0.912. The highest BCUT2D eigenvalue weighted by molar-refractivity contribution is 5.88. The van der Waals surface area contributed by atoms with E-state index in [-0.39, 0.29) is 0 Å². The minimum absolute atomic E-state index is 0.534. The summed E-state index contributed by atoms with van der Waals surface area (Å²) >= 11 is 0. The molecule has 0 bridgehead atoms. The average molecular weight is 285 g/mol. The highest BCUT2D eigenvalue weighted by atomic mass is 16.4. The van der Waals surface area contributed by atoms with Gasteiger partial charge in [0, 0.05) is 23.5 Å². The molecule has 2 aromatic heterocycles. The molecular weight excluding hydrogens is 266 g/mol. The van der Waals surface area contributed by atoms with Gasteiger partial charge in [0.05, 0.1) is 17.1 Å². The Hall–Kier alpha value is -2.43. The Morgan fingerprint density at radius 1 is 1.24 bits per heavy atom. The molecule has 21 heavy (non-hydrogen) atoms. The van der Waals surface area contributed by atoms with Crippen LogP contribution < -0.4 is 4.90 Å². The molecule has 1 N–H and O–H groups in total. The normalized spacial score (nSPS) is 11.2. The summed E-state index contributed by atoms with van der Waals surface area (Å²) in [4.78, 5) is 21.5. The maximum absolute atomic E-state index is 11.5. The zero-order valence-corrected chi connectivity index (χ0v) is 12.7. The number of carbonyl (C=O) groups is 1. The molecule has 5 heteroatoms. The Kier molecular flexibility index (Phi) is 3.93. The molecule has 0 radical (unpaired) electrons. The van der Waals surface area contributed by atoms with Gasteiger partial charge in [-0.25, -0.2) is 4.79 Å². The van der Waals surface area contributed by atoms with Gasteiger partial charge >= 0.3 is 6.09 Å². The van der Waals surface area contributed by atoms with Gasteiger partial charge in [0.1, 0.15) is 0 Å². The van der Waals surface area contributed by atoms with Crippen LogP contribution in [0.25, 0.3) is 11.3 Å². The van der Waals surface area contributed by atoms with Crippen molar-refractivity contribution < 1.29 is 9.90 Å². The smallest absolute Gasteiger partial charge is 0.412 e. The first-order valence-electron chi connectivity index (χ1n) is 6.72. The number of hydrogen-bond acceptors (Lipinski definition) is 3. The van der Waals surface area contributed by atoms with Crippen molar-refractivity contribution in [1.29, 1.82) is 0 Å². The summed E-state index contributed by atoms with van der Waals surface area (Å²) in [6.07, 6.45) is 2.46. The molecule has 0 aliphatic rings. The molecule has 0 saturated heterocycles. The monoisotopic (exact) mass is 285 g/mol.